The predicted molar refractivity (Wildman–Crippen MR) is 199 cm³/mol. The van der Waals surface area contributed by atoms with Gasteiger partial charge in [-0.25, -0.2) is 9.97 Å². The smallest absolute Gasteiger partial charge is 0.160 e. The number of benzene rings is 7. The topological polar surface area (TPSA) is 35.0 Å². The molecule has 2 unspecified atom stereocenters. The predicted octanol–water partition coefficient (Wildman–Crippen LogP) is 11.4. The maximum Gasteiger partial charge on any atom is 0.160 e. The summed E-state index contributed by atoms with van der Waals surface area (Å²) < 4.78 is 6.80. The second kappa shape index (κ2) is 11.1. The van der Waals surface area contributed by atoms with Gasteiger partial charge in [-0.3, -0.25) is 0 Å². The molecule has 0 fully saturated rings. The first-order valence-electron chi connectivity index (χ1n) is 16.8. The van der Waals surface area contributed by atoms with Gasteiger partial charge in [-0.1, -0.05) is 152 Å². The van der Waals surface area contributed by atoms with Crippen LogP contribution < -0.4 is 4.74 Å². The van der Waals surface area contributed by atoms with E-state index in [0.717, 1.165) is 39.0 Å². The number of hydrogen-bond acceptors (Lipinski definition) is 3. The largest absolute Gasteiger partial charge is 0.484 e. The van der Waals surface area contributed by atoms with Gasteiger partial charge in [-0.15, -0.1) is 0 Å². The fourth-order valence-corrected chi connectivity index (χ4v) is 7.71. The molecule has 1 aliphatic heterocycles. The molecule has 0 spiro atoms. The molecule has 8 aromatic rings. The highest BCUT2D eigenvalue weighted by Crippen LogP contribution is 2.55. The van der Waals surface area contributed by atoms with Gasteiger partial charge < -0.3 is 4.74 Å². The van der Waals surface area contributed by atoms with Gasteiger partial charge in [0.2, 0.25) is 0 Å². The van der Waals surface area contributed by atoms with Gasteiger partial charge in [0.1, 0.15) is 11.9 Å². The highest BCUT2D eigenvalue weighted by Gasteiger charge is 2.41. The minimum absolute atomic E-state index is 0.00603. The number of nitrogens with zero attached hydrogens (tertiary/aromatic N) is 2. The molecule has 0 saturated carbocycles. The Balaban J connectivity index is 1.10. The molecule has 0 amide bonds. The molecule has 0 N–H and O–H groups in total. The summed E-state index contributed by atoms with van der Waals surface area (Å²) in [5.74, 6) is 1.61. The van der Waals surface area contributed by atoms with E-state index in [2.05, 4.69) is 158 Å². The Morgan fingerprint density at radius 2 is 1.20 bits per heavy atom. The third-order valence-electron chi connectivity index (χ3n) is 10.1. The first kappa shape index (κ1) is 27.8. The molecule has 2 heterocycles. The van der Waals surface area contributed by atoms with Crippen LogP contribution in [0.5, 0.6) is 5.75 Å². The molecule has 2 aliphatic rings. The van der Waals surface area contributed by atoms with E-state index < -0.39 is 0 Å². The minimum Gasteiger partial charge on any atom is -0.484 e. The van der Waals surface area contributed by atoms with E-state index >= 15 is 0 Å². The Kier molecular flexibility index (Phi) is 6.31. The van der Waals surface area contributed by atoms with E-state index in [1.54, 1.807) is 0 Å². The molecule has 3 heteroatoms. The lowest BCUT2D eigenvalue weighted by atomic mass is 9.77. The molecule has 7 aromatic carbocycles. The summed E-state index contributed by atoms with van der Waals surface area (Å²) in [7, 11) is 0. The Morgan fingerprint density at radius 1 is 0.490 bits per heavy atom. The molecular weight excluding hydrogens is 597 g/mol. The van der Waals surface area contributed by atoms with Crippen molar-refractivity contribution in [2.75, 3.05) is 0 Å². The zero-order valence-electron chi connectivity index (χ0n) is 26.6. The lowest BCUT2D eigenvalue weighted by Crippen LogP contribution is -2.16. The van der Waals surface area contributed by atoms with Crippen molar-refractivity contribution in [2.24, 2.45) is 0 Å². The quantitative estimate of drug-likeness (QED) is 0.195. The fraction of sp³-hybridized carbons (Fsp3) is 0.0435. The first-order valence-corrected chi connectivity index (χ1v) is 16.8. The molecule has 1 aliphatic carbocycles. The summed E-state index contributed by atoms with van der Waals surface area (Å²) >= 11 is 0. The standard InChI is InChI=1S/C46H30N2O/c1-2-12-32(13-3-1)44-37-17-8-9-19-41(37)47-46(48-44)38-18-10-20-42-43(38)40-28-39(35-15-6-7-16-36(35)45(40)49-42)31-24-21-30(22-25-31)34-26-23-29-11-4-5-14-33(29)27-34/h1-28,40,45H. The van der Waals surface area contributed by atoms with Crippen LogP contribution in [0, 0.1) is 0 Å². The zero-order chi connectivity index (χ0) is 32.3. The summed E-state index contributed by atoms with van der Waals surface area (Å²) in [4.78, 5) is 10.4. The van der Waals surface area contributed by atoms with Crippen molar-refractivity contribution in [2.45, 2.75) is 12.0 Å². The molecular formula is C46H30N2O. The molecule has 3 nitrogen and oxygen atoms in total. The third kappa shape index (κ3) is 4.58. The number of para-hydroxylation sites is 1. The summed E-state index contributed by atoms with van der Waals surface area (Å²) in [6, 6.07) is 57.9. The molecule has 49 heavy (non-hydrogen) atoms. The van der Waals surface area contributed by atoms with Gasteiger partial charge in [-0.05, 0) is 56.8 Å². The molecule has 0 bridgehead atoms. The summed E-state index contributed by atoms with van der Waals surface area (Å²) in [6.45, 7) is 0. The van der Waals surface area contributed by atoms with Crippen LogP contribution in [-0.4, -0.2) is 9.97 Å². The average molecular weight is 627 g/mol. The Hall–Kier alpha value is -6.32. The molecule has 0 radical (unpaired) electrons. The number of ether oxygens (including phenoxy) is 1. The van der Waals surface area contributed by atoms with Gasteiger partial charge in [0.05, 0.1) is 11.2 Å². The highest BCUT2D eigenvalue weighted by atomic mass is 16.5. The van der Waals surface area contributed by atoms with Crippen LogP contribution in [0.2, 0.25) is 0 Å². The maximum atomic E-state index is 6.80. The van der Waals surface area contributed by atoms with Gasteiger partial charge in [-0.2, -0.15) is 0 Å². The van der Waals surface area contributed by atoms with Gasteiger partial charge in [0, 0.05) is 33.6 Å². The Morgan fingerprint density at radius 3 is 2.10 bits per heavy atom. The number of aromatic nitrogens is 2. The molecule has 1 aromatic heterocycles. The third-order valence-corrected chi connectivity index (χ3v) is 10.1. The van der Waals surface area contributed by atoms with Crippen LogP contribution in [0.4, 0.5) is 0 Å². The summed E-state index contributed by atoms with van der Waals surface area (Å²) in [5.41, 5.74) is 12.3. The normalized spacial score (nSPS) is 16.0. The van der Waals surface area contributed by atoms with E-state index in [1.807, 2.05) is 12.1 Å². The van der Waals surface area contributed by atoms with Crippen molar-refractivity contribution in [3.05, 3.63) is 192 Å². The van der Waals surface area contributed by atoms with Crippen LogP contribution in [0.3, 0.4) is 0 Å². The van der Waals surface area contributed by atoms with E-state index in [-0.39, 0.29) is 12.0 Å². The summed E-state index contributed by atoms with van der Waals surface area (Å²) in [6.07, 6.45) is 2.29. The molecule has 2 atom stereocenters. The van der Waals surface area contributed by atoms with Gasteiger partial charge in [0.15, 0.2) is 5.82 Å². The van der Waals surface area contributed by atoms with Crippen LogP contribution in [-0.2, 0) is 0 Å². The second-order valence-electron chi connectivity index (χ2n) is 12.9. The van der Waals surface area contributed by atoms with Crippen LogP contribution >= 0.6 is 0 Å². The molecule has 10 rings (SSSR count). The van der Waals surface area contributed by atoms with E-state index in [0.29, 0.717) is 5.82 Å². The summed E-state index contributed by atoms with van der Waals surface area (Å²) in [5, 5.41) is 3.55. The van der Waals surface area contributed by atoms with Crippen molar-refractivity contribution in [3.63, 3.8) is 0 Å². The zero-order valence-corrected chi connectivity index (χ0v) is 26.6. The van der Waals surface area contributed by atoms with Gasteiger partial charge >= 0.3 is 0 Å². The Labute approximate surface area is 284 Å². The number of hydrogen-bond donors (Lipinski definition) is 0. The number of fused-ring (bicyclic) bond motifs is 7. The monoisotopic (exact) mass is 626 g/mol. The average Bonchev–Trinajstić information content (AvgIpc) is 3.56. The SMILES string of the molecule is C1=C(c2ccc(-c3ccc4ccccc4c3)cc2)c2ccccc2C2Oc3cccc(-c4nc(-c5ccccc5)c5ccccc5n4)c3C12. The second-order valence-corrected chi connectivity index (χ2v) is 12.9. The lowest BCUT2D eigenvalue weighted by Gasteiger charge is -2.28. The molecule has 0 saturated heterocycles. The van der Waals surface area contributed by atoms with Crippen LogP contribution in [0.15, 0.2) is 170 Å². The van der Waals surface area contributed by atoms with Crippen molar-refractivity contribution >= 4 is 27.2 Å². The maximum absolute atomic E-state index is 6.80. The van der Waals surface area contributed by atoms with Crippen LogP contribution in [0.1, 0.15) is 34.3 Å². The van der Waals surface area contributed by atoms with Crippen LogP contribution in [0.25, 0.3) is 61.0 Å². The minimum atomic E-state index is -0.123. The van der Waals surface area contributed by atoms with Crippen molar-refractivity contribution in [1.29, 1.82) is 0 Å². The van der Waals surface area contributed by atoms with Crippen molar-refractivity contribution in [1.82, 2.24) is 9.97 Å². The Bertz CT molecular complexity index is 2590. The first-order chi connectivity index (χ1) is 24.3. The van der Waals surface area contributed by atoms with E-state index in [1.165, 1.54) is 44.2 Å². The highest BCUT2D eigenvalue weighted by molar-refractivity contribution is 5.94. The van der Waals surface area contributed by atoms with Crippen molar-refractivity contribution < 1.29 is 4.74 Å². The lowest BCUT2D eigenvalue weighted by molar-refractivity contribution is 0.223. The molecule has 230 valence electrons. The van der Waals surface area contributed by atoms with Crippen molar-refractivity contribution in [3.8, 4) is 39.5 Å². The number of rotatable bonds is 4. The van der Waals surface area contributed by atoms with E-state index in [4.69, 9.17) is 14.7 Å². The van der Waals surface area contributed by atoms with Gasteiger partial charge in [0.25, 0.3) is 0 Å². The fourth-order valence-electron chi connectivity index (χ4n) is 7.71. The van der Waals surface area contributed by atoms with E-state index in [9.17, 15) is 0 Å².